The lowest BCUT2D eigenvalue weighted by Crippen LogP contribution is -2.61. The Kier molecular flexibility index (Phi) is 15.6. The highest BCUT2D eigenvalue weighted by Crippen LogP contribution is 2.24. The molecule has 0 aliphatic carbocycles. The summed E-state index contributed by atoms with van der Waals surface area (Å²) in [6.45, 7) is 10.9. The van der Waals surface area contributed by atoms with Crippen molar-refractivity contribution < 1.29 is 38.7 Å². The van der Waals surface area contributed by atoms with Crippen LogP contribution in [0.2, 0.25) is 0 Å². The van der Waals surface area contributed by atoms with Crippen LogP contribution in [0.15, 0.2) is 30.3 Å². The molecule has 7 amide bonds. The van der Waals surface area contributed by atoms with Crippen molar-refractivity contribution in [1.82, 2.24) is 36.4 Å². The molecule has 304 valence electrons. The minimum atomic E-state index is -1.43. The molecule has 3 heterocycles. The van der Waals surface area contributed by atoms with E-state index in [0.717, 1.165) is 0 Å². The third-order valence-electron chi connectivity index (χ3n) is 11.3. The molecule has 0 unspecified atom stereocenters. The van der Waals surface area contributed by atoms with Crippen molar-refractivity contribution in [2.75, 3.05) is 19.7 Å². The van der Waals surface area contributed by atoms with Gasteiger partial charge in [0.2, 0.25) is 41.4 Å². The molecule has 0 saturated carbocycles. The van der Waals surface area contributed by atoms with Crippen LogP contribution in [0.25, 0.3) is 0 Å². The average Bonchev–Trinajstić information content (AvgIpc) is 3.87. The zero-order valence-corrected chi connectivity index (χ0v) is 33.1. The van der Waals surface area contributed by atoms with E-state index in [2.05, 4.69) is 26.6 Å². The molecule has 3 aliphatic rings. The summed E-state index contributed by atoms with van der Waals surface area (Å²) in [4.78, 5) is 101. The Bertz CT molecular complexity index is 1540. The van der Waals surface area contributed by atoms with Crippen LogP contribution >= 0.6 is 0 Å². The van der Waals surface area contributed by atoms with Crippen molar-refractivity contribution in [3.8, 4) is 0 Å². The summed E-state index contributed by atoms with van der Waals surface area (Å²) in [5, 5.41) is 24.4. The number of aliphatic hydroxyl groups excluding tert-OH is 1. The van der Waals surface area contributed by atoms with Crippen LogP contribution in [0.1, 0.15) is 92.1 Å². The van der Waals surface area contributed by atoms with Gasteiger partial charge in [0.05, 0.1) is 6.61 Å². The van der Waals surface area contributed by atoms with Crippen molar-refractivity contribution in [2.45, 2.75) is 135 Å². The number of carbonyl (C=O) groups excluding carboxylic acids is 7. The molecule has 4 rings (SSSR count). The number of fused-ring (bicyclic) bond motifs is 2. The number of rotatable bonds is 9. The highest BCUT2D eigenvalue weighted by Gasteiger charge is 2.44. The number of amides is 7. The van der Waals surface area contributed by atoms with Gasteiger partial charge in [-0.05, 0) is 55.4 Å². The Morgan fingerprint density at radius 1 is 0.618 bits per heavy atom. The fourth-order valence-electron chi connectivity index (χ4n) is 7.62. The molecule has 1 aromatic carbocycles. The number of hydrogen-bond donors (Lipinski definition) is 6. The monoisotopic (exact) mass is 767 g/mol. The van der Waals surface area contributed by atoms with E-state index in [9.17, 15) is 38.7 Å². The number of benzene rings is 1. The minimum Gasteiger partial charge on any atom is -0.394 e. The maximum atomic E-state index is 14.2. The number of nitrogens with one attached hydrogen (secondary N) is 5. The molecule has 0 radical (unpaired) electrons. The molecule has 9 atom stereocenters. The summed E-state index contributed by atoms with van der Waals surface area (Å²) >= 11 is 0. The smallest absolute Gasteiger partial charge is 0.248 e. The van der Waals surface area contributed by atoms with Gasteiger partial charge in [-0.2, -0.15) is 0 Å². The number of aliphatic hydroxyl groups is 1. The van der Waals surface area contributed by atoms with Crippen molar-refractivity contribution >= 4 is 41.4 Å². The zero-order chi connectivity index (χ0) is 40.4. The van der Waals surface area contributed by atoms with E-state index in [1.54, 1.807) is 31.2 Å². The fraction of sp³-hybridized carbons (Fsp3) is 0.675. The summed E-state index contributed by atoms with van der Waals surface area (Å²) in [7, 11) is 0. The summed E-state index contributed by atoms with van der Waals surface area (Å²) in [5.41, 5.74) is 0.715. The lowest BCUT2D eigenvalue weighted by Gasteiger charge is -2.34. The second kappa shape index (κ2) is 19.9. The van der Waals surface area contributed by atoms with Crippen molar-refractivity contribution in [1.29, 1.82) is 0 Å². The molecule has 55 heavy (non-hydrogen) atoms. The fourth-order valence-corrected chi connectivity index (χ4v) is 7.62. The molecule has 0 bridgehead atoms. The summed E-state index contributed by atoms with van der Waals surface area (Å²) < 4.78 is 0. The van der Waals surface area contributed by atoms with Gasteiger partial charge in [-0.25, -0.2) is 0 Å². The SMILES string of the molecule is CC[C@H](C)[C@@H]1NC(=O)[C@H](CC(C)C)NC(=O)[C@@H]2CCCN2C(=O)[C@H]([C@@H](C)CC)NC(=O)[C@@H]2CCCN2C(=O)[C@H](CO)NC(=O)[C@H](Cc2ccccc2)NC1=O. The number of hydrogen-bond acceptors (Lipinski definition) is 8. The van der Waals surface area contributed by atoms with Crippen LogP contribution < -0.4 is 26.6 Å². The van der Waals surface area contributed by atoms with Gasteiger partial charge in [0, 0.05) is 19.5 Å². The number of carbonyl (C=O) groups is 7. The van der Waals surface area contributed by atoms with E-state index in [-0.39, 0.29) is 43.7 Å². The van der Waals surface area contributed by atoms with Crippen molar-refractivity contribution in [2.24, 2.45) is 17.8 Å². The first-order valence-corrected chi connectivity index (χ1v) is 20.0. The Balaban J connectivity index is 1.77. The highest BCUT2D eigenvalue weighted by atomic mass is 16.3. The molecular weight excluding hydrogens is 706 g/mol. The van der Waals surface area contributed by atoms with Gasteiger partial charge in [0.15, 0.2) is 0 Å². The van der Waals surface area contributed by atoms with Gasteiger partial charge >= 0.3 is 0 Å². The van der Waals surface area contributed by atoms with Gasteiger partial charge in [0.1, 0.15) is 42.3 Å². The van der Waals surface area contributed by atoms with E-state index in [4.69, 9.17) is 0 Å². The topological polar surface area (TPSA) is 206 Å². The van der Waals surface area contributed by atoms with Gasteiger partial charge < -0.3 is 41.5 Å². The maximum Gasteiger partial charge on any atom is 0.248 e. The van der Waals surface area contributed by atoms with Crippen molar-refractivity contribution in [3.63, 3.8) is 0 Å². The van der Waals surface area contributed by atoms with Crippen LogP contribution in [0.3, 0.4) is 0 Å². The second-order valence-corrected chi connectivity index (χ2v) is 15.8. The first-order chi connectivity index (χ1) is 26.2. The molecule has 15 heteroatoms. The maximum absolute atomic E-state index is 14.2. The van der Waals surface area contributed by atoms with Gasteiger partial charge in [0.25, 0.3) is 0 Å². The van der Waals surface area contributed by atoms with Gasteiger partial charge in [-0.1, -0.05) is 84.7 Å². The lowest BCUT2D eigenvalue weighted by atomic mass is 9.95. The Morgan fingerprint density at radius 2 is 1.11 bits per heavy atom. The quantitative estimate of drug-likeness (QED) is 0.211. The molecule has 15 nitrogen and oxygen atoms in total. The third-order valence-corrected chi connectivity index (χ3v) is 11.3. The standard InChI is InChI=1S/C40H61N7O8/c1-7-24(5)32-38(53)42-28(21-26-14-10-9-11-15-26)34(49)43-29(22-48)39(54)46-18-12-17-31(46)37(52)45-33(25(6)8-2)40(55)47-19-13-16-30(47)36(51)41-27(20-23(3)4)35(50)44-32/h9-11,14-15,23-25,27-33,48H,7-8,12-13,16-22H2,1-6H3,(H,41,51)(H,42,53)(H,43,49)(H,44,50)(H,45,52)/t24-,25-,27-,28-,29-,30-,31-,32-,33-/m0/s1. The lowest BCUT2D eigenvalue weighted by molar-refractivity contribution is -0.145. The normalized spacial score (nSPS) is 28.9. The van der Waals surface area contributed by atoms with Crippen LogP contribution in [0, 0.1) is 17.8 Å². The van der Waals surface area contributed by atoms with E-state index in [0.29, 0.717) is 44.1 Å². The molecule has 0 aromatic heterocycles. The van der Waals surface area contributed by atoms with Gasteiger partial charge in [-0.3, -0.25) is 33.6 Å². The Hall–Kier alpha value is -4.53. The average molecular weight is 768 g/mol. The van der Waals surface area contributed by atoms with E-state index in [1.165, 1.54) is 9.80 Å². The minimum absolute atomic E-state index is 0.0241. The summed E-state index contributed by atoms with van der Waals surface area (Å²) in [5.74, 6) is -4.82. The number of nitrogens with zero attached hydrogens (tertiary/aromatic N) is 2. The summed E-state index contributed by atoms with van der Waals surface area (Å²) in [6, 6.07) is 1.36. The largest absolute Gasteiger partial charge is 0.394 e. The van der Waals surface area contributed by atoms with E-state index in [1.807, 2.05) is 40.7 Å². The summed E-state index contributed by atoms with van der Waals surface area (Å²) in [6.07, 6.45) is 3.03. The highest BCUT2D eigenvalue weighted by molar-refractivity contribution is 5.99. The van der Waals surface area contributed by atoms with Crippen LogP contribution in [0.4, 0.5) is 0 Å². The van der Waals surface area contributed by atoms with E-state index >= 15 is 0 Å². The predicted molar refractivity (Wildman–Crippen MR) is 205 cm³/mol. The van der Waals surface area contributed by atoms with E-state index < -0.39 is 90.3 Å². The second-order valence-electron chi connectivity index (χ2n) is 15.8. The molecule has 0 spiro atoms. The Morgan fingerprint density at radius 3 is 1.67 bits per heavy atom. The molecule has 6 N–H and O–H groups in total. The molecule has 1 aromatic rings. The first kappa shape index (κ1) is 43.2. The third kappa shape index (κ3) is 10.8. The molecular formula is C40H61N7O8. The molecule has 3 fully saturated rings. The predicted octanol–water partition coefficient (Wildman–Crippen LogP) is 0.779. The Labute approximate surface area is 324 Å². The molecule has 3 saturated heterocycles. The first-order valence-electron chi connectivity index (χ1n) is 20.0. The molecule has 3 aliphatic heterocycles. The van der Waals surface area contributed by atoms with Crippen LogP contribution in [0.5, 0.6) is 0 Å². The van der Waals surface area contributed by atoms with Crippen molar-refractivity contribution in [3.05, 3.63) is 35.9 Å². The van der Waals surface area contributed by atoms with Crippen LogP contribution in [-0.2, 0) is 40.0 Å². The van der Waals surface area contributed by atoms with Crippen LogP contribution in [-0.4, -0.2) is 118 Å². The zero-order valence-electron chi connectivity index (χ0n) is 33.1. The van der Waals surface area contributed by atoms with Gasteiger partial charge in [-0.15, -0.1) is 0 Å².